The van der Waals surface area contributed by atoms with Crippen molar-refractivity contribution in [2.75, 3.05) is 18.0 Å². The van der Waals surface area contributed by atoms with Crippen LogP contribution >= 0.6 is 11.8 Å². The van der Waals surface area contributed by atoms with Gasteiger partial charge in [-0.05, 0) is 24.5 Å². The van der Waals surface area contributed by atoms with Gasteiger partial charge in [0.1, 0.15) is 5.25 Å². The van der Waals surface area contributed by atoms with Crippen molar-refractivity contribution >= 4 is 29.8 Å². The SMILES string of the molecule is O=CN(O)CC1Sc2ccccc2N(CCC2CCCCC2)C1=O. The quantitative estimate of drug-likeness (QED) is 0.487. The molecular formula is C18H24N2O3S. The molecule has 1 aliphatic heterocycles. The molecule has 0 saturated heterocycles. The maximum absolute atomic E-state index is 12.9. The molecule has 1 heterocycles. The lowest BCUT2D eigenvalue weighted by atomic mass is 9.87. The summed E-state index contributed by atoms with van der Waals surface area (Å²) in [5.41, 5.74) is 0.954. The van der Waals surface area contributed by atoms with Crippen molar-refractivity contribution < 1.29 is 14.8 Å². The molecule has 1 unspecified atom stereocenters. The van der Waals surface area contributed by atoms with E-state index in [1.165, 1.54) is 43.9 Å². The van der Waals surface area contributed by atoms with Gasteiger partial charge in [-0.25, -0.2) is 5.06 Å². The summed E-state index contributed by atoms with van der Waals surface area (Å²) in [5.74, 6) is 0.687. The Kier molecular flexibility index (Phi) is 5.79. The number of amides is 2. The average molecular weight is 348 g/mol. The van der Waals surface area contributed by atoms with Crippen molar-refractivity contribution in [3.05, 3.63) is 24.3 Å². The van der Waals surface area contributed by atoms with E-state index in [1.54, 1.807) is 0 Å². The van der Waals surface area contributed by atoms with E-state index in [1.807, 2.05) is 29.2 Å². The standard InChI is InChI=1S/C18H24N2O3S/c21-13-19(23)12-17-18(22)20(11-10-14-6-2-1-3-7-14)15-8-4-5-9-16(15)24-17/h4-5,8-9,13-14,17,23H,1-3,6-7,10-12H2. The second-order valence-corrected chi connectivity index (χ2v) is 7.83. The normalized spacial score (nSPS) is 21.5. The van der Waals surface area contributed by atoms with Crippen LogP contribution in [0, 0.1) is 5.92 Å². The fourth-order valence-corrected chi connectivity index (χ4v) is 4.84. The molecule has 1 fully saturated rings. The minimum atomic E-state index is -0.457. The average Bonchev–Trinajstić information content (AvgIpc) is 2.62. The van der Waals surface area contributed by atoms with Gasteiger partial charge in [0.25, 0.3) is 0 Å². The van der Waals surface area contributed by atoms with Crippen molar-refractivity contribution in [1.82, 2.24) is 5.06 Å². The fraction of sp³-hybridized carbons (Fsp3) is 0.556. The highest BCUT2D eigenvalue weighted by Crippen LogP contribution is 2.39. The number of hydrogen-bond donors (Lipinski definition) is 1. The van der Waals surface area contributed by atoms with Crippen molar-refractivity contribution in [3.63, 3.8) is 0 Å². The largest absolute Gasteiger partial charge is 0.310 e. The number of para-hydroxylation sites is 1. The third-order valence-corrected chi connectivity index (χ3v) is 6.16. The highest BCUT2D eigenvalue weighted by atomic mass is 32.2. The van der Waals surface area contributed by atoms with Crippen LogP contribution in [0.1, 0.15) is 38.5 Å². The van der Waals surface area contributed by atoms with Crippen LogP contribution in [-0.4, -0.2) is 40.9 Å². The molecule has 1 aliphatic carbocycles. The molecule has 1 aromatic rings. The molecule has 0 radical (unpaired) electrons. The van der Waals surface area contributed by atoms with E-state index in [0.717, 1.165) is 17.0 Å². The lowest BCUT2D eigenvalue weighted by Crippen LogP contribution is -2.46. The Hall–Kier alpha value is -1.53. The molecular weight excluding hydrogens is 324 g/mol. The number of rotatable bonds is 6. The van der Waals surface area contributed by atoms with Gasteiger partial charge in [0.05, 0.1) is 12.2 Å². The third-order valence-electron chi connectivity index (χ3n) is 4.93. The van der Waals surface area contributed by atoms with E-state index in [9.17, 15) is 14.8 Å². The Labute approximate surface area is 147 Å². The first-order chi connectivity index (χ1) is 11.7. The number of fused-ring (bicyclic) bond motifs is 1. The van der Waals surface area contributed by atoms with Gasteiger partial charge in [0.15, 0.2) is 0 Å². The topological polar surface area (TPSA) is 60.9 Å². The van der Waals surface area contributed by atoms with Gasteiger partial charge in [-0.1, -0.05) is 44.2 Å². The lowest BCUT2D eigenvalue weighted by Gasteiger charge is -2.35. The first kappa shape index (κ1) is 17.3. The number of nitrogens with zero attached hydrogens (tertiary/aromatic N) is 2. The van der Waals surface area contributed by atoms with Crippen molar-refractivity contribution in [1.29, 1.82) is 0 Å². The Bertz CT molecular complexity index is 589. The van der Waals surface area contributed by atoms with Crippen LogP contribution < -0.4 is 4.90 Å². The van der Waals surface area contributed by atoms with Crippen molar-refractivity contribution in [2.24, 2.45) is 5.92 Å². The van der Waals surface area contributed by atoms with E-state index in [4.69, 9.17) is 0 Å². The molecule has 1 aromatic carbocycles. The van der Waals surface area contributed by atoms with Crippen LogP contribution in [-0.2, 0) is 9.59 Å². The molecule has 2 aliphatic rings. The summed E-state index contributed by atoms with van der Waals surface area (Å²) < 4.78 is 0. The minimum Gasteiger partial charge on any atom is -0.310 e. The summed E-state index contributed by atoms with van der Waals surface area (Å²) >= 11 is 1.42. The van der Waals surface area contributed by atoms with Gasteiger partial charge >= 0.3 is 0 Å². The van der Waals surface area contributed by atoms with Crippen LogP contribution in [0.4, 0.5) is 5.69 Å². The Balaban J connectivity index is 1.74. The van der Waals surface area contributed by atoms with Gasteiger partial charge in [-0.2, -0.15) is 0 Å². The highest BCUT2D eigenvalue weighted by molar-refractivity contribution is 8.01. The summed E-state index contributed by atoms with van der Waals surface area (Å²) in [7, 11) is 0. The van der Waals surface area contributed by atoms with Gasteiger partial charge in [-0.3, -0.25) is 14.8 Å². The van der Waals surface area contributed by atoms with E-state index in [2.05, 4.69) is 0 Å². The van der Waals surface area contributed by atoms with Gasteiger partial charge in [0.2, 0.25) is 12.3 Å². The molecule has 6 heteroatoms. The number of carbonyl (C=O) groups excluding carboxylic acids is 2. The molecule has 24 heavy (non-hydrogen) atoms. The highest BCUT2D eigenvalue weighted by Gasteiger charge is 2.34. The number of carbonyl (C=O) groups is 2. The lowest BCUT2D eigenvalue weighted by molar-refractivity contribution is -0.150. The molecule has 0 spiro atoms. The third kappa shape index (κ3) is 3.92. The molecule has 1 atom stereocenters. The van der Waals surface area contributed by atoms with Crippen LogP contribution in [0.15, 0.2) is 29.2 Å². The van der Waals surface area contributed by atoms with Gasteiger partial charge in [0, 0.05) is 11.4 Å². The monoisotopic (exact) mass is 348 g/mol. The number of benzene rings is 1. The first-order valence-corrected chi connectivity index (χ1v) is 9.55. The van der Waals surface area contributed by atoms with E-state index in [0.29, 0.717) is 23.9 Å². The number of hydroxylamine groups is 2. The predicted octanol–water partition coefficient (Wildman–Crippen LogP) is 3.31. The van der Waals surface area contributed by atoms with Crippen molar-refractivity contribution in [3.8, 4) is 0 Å². The Morgan fingerprint density at radius 1 is 1.25 bits per heavy atom. The first-order valence-electron chi connectivity index (χ1n) is 8.67. The summed E-state index contributed by atoms with van der Waals surface area (Å²) in [5, 5.41) is 9.58. The second kappa shape index (κ2) is 8.03. The van der Waals surface area contributed by atoms with Crippen LogP contribution in [0.25, 0.3) is 0 Å². The molecule has 1 saturated carbocycles. The molecule has 0 aromatic heterocycles. The number of thioether (sulfide) groups is 1. The van der Waals surface area contributed by atoms with Crippen LogP contribution in [0.3, 0.4) is 0 Å². The number of anilines is 1. The van der Waals surface area contributed by atoms with Gasteiger partial charge < -0.3 is 4.90 Å². The summed E-state index contributed by atoms with van der Waals surface area (Å²) in [6.45, 7) is 0.728. The fourth-order valence-electron chi connectivity index (χ4n) is 3.62. The van der Waals surface area contributed by atoms with E-state index < -0.39 is 5.25 Å². The maximum Gasteiger partial charge on any atom is 0.242 e. The summed E-state index contributed by atoms with van der Waals surface area (Å²) in [4.78, 5) is 26.4. The number of hydrogen-bond acceptors (Lipinski definition) is 4. The molecule has 1 N–H and O–H groups in total. The van der Waals surface area contributed by atoms with Gasteiger partial charge in [-0.15, -0.1) is 11.8 Å². The molecule has 0 bridgehead atoms. The summed E-state index contributed by atoms with van der Waals surface area (Å²) in [6, 6.07) is 7.88. The van der Waals surface area contributed by atoms with Crippen molar-refractivity contribution in [2.45, 2.75) is 48.7 Å². The molecule has 130 valence electrons. The minimum absolute atomic E-state index is 0.0151. The Morgan fingerprint density at radius 2 is 2.00 bits per heavy atom. The molecule has 3 rings (SSSR count). The van der Waals surface area contributed by atoms with E-state index >= 15 is 0 Å². The molecule has 2 amide bonds. The predicted molar refractivity (Wildman–Crippen MR) is 94.2 cm³/mol. The maximum atomic E-state index is 12.9. The van der Waals surface area contributed by atoms with Crippen LogP contribution in [0.5, 0.6) is 0 Å². The Morgan fingerprint density at radius 3 is 2.75 bits per heavy atom. The zero-order valence-corrected chi connectivity index (χ0v) is 14.6. The van der Waals surface area contributed by atoms with E-state index in [-0.39, 0.29) is 12.5 Å². The smallest absolute Gasteiger partial charge is 0.242 e. The molecule has 5 nitrogen and oxygen atoms in total. The zero-order chi connectivity index (χ0) is 16.9. The summed E-state index contributed by atoms with van der Waals surface area (Å²) in [6.07, 6.45) is 7.82. The second-order valence-electron chi connectivity index (χ2n) is 6.58. The zero-order valence-electron chi connectivity index (χ0n) is 13.8. The van der Waals surface area contributed by atoms with Crippen LogP contribution in [0.2, 0.25) is 0 Å².